The number of carbonyl (C=O) groups is 1. The van der Waals surface area contributed by atoms with Gasteiger partial charge in [-0.25, -0.2) is 0 Å². The van der Waals surface area contributed by atoms with Crippen molar-refractivity contribution in [1.82, 2.24) is 4.90 Å². The molecule has 0 spiro atoms. The summed E-state index contributed by atoms with van der Waals surface area (Å²) in [6, 6.07) is 6.27. The van der Waals surface area contributed by atoms with Gasteiger partial charge in [-0.1, -0.05) is 12.1 Å². The van der Waals surface area contributed by atoms with Gasteiger partial charge in [-0.15, -0.1) is 0 Å². The smallest absolute Gasteiger partial charge is 0.303 e. The van der Waals surface area contributed by atoms with Crippen LogP contribution in [0.5, 0.6) is 5.75 Å². The maximum atomic E-state index is 10.8. The Hall–Kier alpha value is -1.55. The summed E-state index contributed by atoms with van der Waals surface area (Å²) in [4.78, 5) is 13.2. The van der Waals surface area contributed by atoms with Gasteiger partial charge in [-0.2, -0.15) is 0 Å². The number of carboxylic acids is 1. The Morgan fingerprint density at radius 2 is 2.14 bits per heavy atom. The zero-order valence-corrected chi connectivity index (χ0v) is 13.7. The normalized spacial score (nSPS) is 19.6. The topological polar surface area (TPSA) is 49.8 Å². The van der Waals surface area contributed by atoms with Crippen LogP contribution >= 0.6 is 0 Å². The van der Waals surface area contributed by atoms with Crippen molar-refractivity contribution in [2.24, 2.45) is 5.92 Å². The summed E-state index contributed by atoms with van der Waals surface area (Å²) in [7, 11) is 0. The molecular formula is C18H27NO3. The average Bonchev–Trinajstić information content (AvgIpc) is 2.68. The molecule has 1 saturated heterocycles. The first kappa shape index (κ1) is 16.8. The standard InChI is InChI=1S/C18H27NO3/c1-14-5-6-15(2)17(12-14)22-11-10-19-8-3-4-16(7-9-19)13-18(20)21/h5-6,12,16H,3-4,7-11,13H2,1-2H3,(H,20,21)/t16-/m1/s1. The summed E-state index contributed by atoms with van der Waals surface area (Å²) in [6.45, 7) is 7.77. The van der Waals surface area contributed by atoms with Crippen LogP contribution in [0.3, 0.4) is 0 Å². The molecule has 1 N–H and O–H groups in total. The molecule has 22 heavy (non-hydrogen) atoms. The SMILES string of the molecule is Cc1ccc(C)c(OCCN2CCC[C@@H](CC(=O)O)CC2)c1. The number of likely N-dealkylation sites (tertiary alicyclic amines) is 1. The van der Waals surface area contributed by atoms with Crippen LogP contribution in [0.25, 0.3) is 0 Å². The molecule has 1 aliphatic rings. The third-order valence-corrected chi connectivity index (χ3v) is 4.41. The molecule has 0 unspecified atom stereocenters. The Labute approximate surface area is 133 Å². The molecule has 0 aromatic heterocycles. The van der Waals surface area contributed by atoms with E-state index >= 15 is 0 Å². The molecule has 1 aliphatic heterocycles. The third kappa shape index (κ3) is 5.34. The lowest BCUT2D eigenvalue weighted by Gasteiger charge is -2.20. The Bertz CT molecular complexity index is 501. The molecule has 1 aromatic rings. The number of nitrogens with zero attached hydrogens (tertiary/aromatic N) is 1. The van der Waals surface area contributed by atoms with Crippen molar-refractivity contribution in [3.8, 4) is 5.75 Å². The fourth-order valence-electron chi connectivity index (χ4n) is 3.05. The van der Waals surface area contributed by atoms with Crippen LogP contribution < -0.4 is 4.74 Å². The van der Waals surface area contributed by atoms with Crippen LogP contribution in [0.1, 0.15) is 36.8 Å². The van der Waals surface area contributed by atoms with Gasteiger partial charge < -0.3 is 9.84 Å². The highest BCUT2D eigenvalue weighted by Crippen LogP contribution is 2.21. The molecule has 1 heterocycles. The summed E-state index contributed by atoms with van der Waals surface area (Å²) in [5.74, 6) is 0.637. The minimum atomic E-state index is -0.670. The van der Waals surface area contributed by atoms with Gasteiger partial charge in [0.15, 0.2) is 0 Å². The molecule has 1 atom stereocenters. The van der Waals surface area contributed by atoms with Crippen molar-refractivity contribution in [1.29, 1.82) is 0 Å². The van der Waals surface area contributed by atoms with Crippen molar-refractivity contribution < 1.29 is 14.6 Å². The fraction of sp³-hybridized carbons (Fsp3) is 0.611. The molecular weight excluding hydrogens is 278 g/mol. The lowest BCUT2D eigenvalue weighted by atomic mass is 9.97. The summed E-state index contributed by atoms with van der Waals surface area (Å²) < 4.78 is 5.92. The second-order valence-corrected chi connectivity index (χ2v) is 6.35. The molecule has 0 amide bonds. The van der Waals surface area contributed by atoms with Crippen LogP contribution in [-0.2, 0) is 4.79 Å². The first-order valence-corrected chi connectivity index (χ1v) is 8.19. The average molecular weight is 305 g/mol. The van der Waals surface area contributed by atoms with Crippen molar-refractivity contribution >= 4 is 5.97 Å². The Kier molecular flexibility index (Phi) is 6.25. The van der Waals surface area contributed by atoms with Crippen molar-refractivity contribution in [3.63, 3.8) is 0 Å². The van der Waals surface area contributed by atoms with Gasteiger partial charge in [0.1, 0.15) is 12.4 Å². The molecule has 0 saturated carbocycles. The second-order valence-electron chi connectivity index (χ2n) is 6.35. The lowest BCUT2D eigenvalue weighted by molar-refractivity contribution is -0.138. The highest BCUT2D eigenvalue weighted by Gasteiger charge is 2.19. The number of carboxylic acid groups (broad SMARTS) is 1. The first-order chi connectivity index (χ1) is 10.5. The highest BCUT2D eigenvalue weighted by molar-refractivity contribution is 5.67. The molecule has 122 valence electrons. The van der Waals surface area contributed by atoms with Gasteiger partial charge in [0.2, 0.25) is 0 Å². The predicted octanol–water partition coefficient (Wildman–Crippen LogP) is 3.26. The first-order valence-electron chi connectivity index (χ1n) is 8.19. The van der Waals surface area contributed by atoms with E-state index in [-0.39, 0.29) is 0 Å². The van der Waals surface area contributed by atoms with Gasteiger partial charge in [-0.05, 0) is 69.3 Å². The summed E-state index contributed by atoms with van der Waals surface area (Å²) in [5.41, 5.74) is 2.38. The number of aliphatic carboxylic acids is 1. The number of aryl methyl sites for hydroxylation is 2. The van der Waals surface area contributed by atoms with Crippen LogP contribution in [-0.4, -0.2) is 42.2 Å². The Morgan fingerprint density at radius 3 is 2.91 bits per heavy atom. The van der Waals surface area contributed by atoms with E-state index in [1.165, 1.54) is 11.1 Å². The minimum Gasteiger partial charge on any atom is -0.492 e. The van der Waals surface area contributed by atoms with Crippen LogP contribution in [0.4, 0.5) is 0 Å². The number of ether oxygens (including phenoxy) is 1. The quantitative estimate of drug-likeness (QED) is 0.876. The molecule has 0 radical (unpaired) electrons. The van der Waals surface area contributed by atoms with E-state index in [1.807, 2.05) is 0 Å². The van der Waals surface area contributed by atoms with E-state index in [9.17, 15) is 4.79 Å². The van der Waals surface area contributed by atoms with Crippen LogP contribution in [0, 0.1) is 19.8 Å². The van der Waals surface area contributed by atoms with E-state index in [1.54, 1.807) is 0 Å². The molecule has 1 fully saturated rings. The highest BCUT2D eigenvalue weighted by atomic mass is 16.5. The lowest BCUT2D eigenvalue weighted by Crippen LogP contribution is -2.29. The maximum Gasteiger partial charge on any atom is 0.303 e. The maximum absolute atomic E-state index is 10.8. The Morgan fingerprint density at radius 1 is 1.32 bits per heavy atom. The zero-order chi connectivity index (χ0) is 15.9. The molecule has 4 nitrogen and oxygen atoms in total. The third-order valence-electron chi connectivity index (χ3n) is 4.41. The number of benzene rings is 1. The summed E-state index contributed by atoms with van der Waals surface area (Å²) in [6.07, 6.45) is 3.41. The number of rotatable bonds is 6. The number of hydrogen-bond donors (Lipinski definition) is 1. The molecule has 0 aliphatic carbocycles. The fourth-order valence-corrected chi connectivity index (χ4v) is 3.05. The monoisotopic (exact) mass is 305 g/mol. The van der Waals surface area contributed by atoms with E-state index in [4.69, 9.17) is 9.84 Å². The predicted molar refractivity (Wildman–Crippen MR) is 87.4 cm³/mol. The van der Waals surface area contributed by atoms with Crippen molar-refractivity contribution in [2.45, 2.75) is 39.5 Å². The molecule has 4 heteroatoms. The van der Waals surface area contributed by atoms with Crippen LogP contribution in [0.2, 0.25) is 0 Å². The Balaban J connectivity index is 1.75. The van der Waals surface area contributed by atoms with Crippen LogP contribution in [0.15, 0.2) is 18.2 Å². The van der Waals surface area contributed by atoms with Gasteiger partial charge in [0.25, 0.3) is 0 Å². The van der Waals surface area contributed by atoms with E-state index in [2.05, 4.69) is 36.9 Å². The largest absolute Gasteiger partial charge is 0.492 e. The van der Waals surface area contributed by atoms with Gasteiger partial charge >= 0.3 is 5.97 Å². The van der Waals surface area contributed by atoms with E-state index in [0.29, 0.717) is 18.9 Å². The second kappa shape index (κ2) is 8.18. The zero-order valence-electron chi connectivity index (χ0n) is 13.7. The van der Waals surface area contributed by atoms with Crippen molar-refractivity contribution in [3.05, 3.63) is 29.3 Å². The summed E-state index contributed by atoms with van der Waals surface area (Å²) in [5, 5.41) is 8.91. The molecule has 0 bridgehead atoms. The van der Waals surface area contributed by atoms with Crippen molar-refractivity contribution in [2.75, 3.05) is 26.2 Å². The minimum absolute atomic E-state index is 0.312. The number of hydrogen-bond acceptors (Lipinski definition) is 3. The van der Waals surface area contributed by atoms with Gasteiger partial charge in [0, 0.05) is 13.0 Å². The van der Waals surface area contributed by atoms with Gasteiger partial charge in [-0.3, -0.25) is 9.69 Å². The van der Waals surface area contributed by atoms with Gasteiger partial charge in [0.05, 0.1) is 0 Å². The molecule has 2 rings (SSSR count). The van der Waals surface area contributed by atoms with E-state index < -0.39 is 5.97 Å². The van der Waals surface area contributed by atoms with E-state index in [0.717, 1.165) is 44.6 Å². The molecule has 1 aromatic carbocycles. The summed E-state index contributed by atoms with van der Waals surface area (Å²) >= 11 is 0.